The van der Waals surface area contributed by atoms with Crippen LogP contribution in [0.5, 0.6) is 11.5 Å². The summed E-state index contributed by atoms with van der Waals surface area (Å²) in [7, 11) is 5.00. The monoisotopic (exact) mass is 276 g/mol. The topological polar surface area (TPSA) is 56.5 Å². The molecule has 0 saturated heterocycles. The minimum atomic E-state index is -0.808. The second-order valence-corrected chi connectivity index (χ2v) is 4.55. The molecule has 2 aromatic rings. The second-order valence-electron chi connectivity index (χ2n) is 4.55. The Labute approximate surface area is 118 Å². The van der Waals surface area contributed by atoms with E-state index in [4.69, 9.17) is 9.47 Å². The molecule has 1 aromatic carbocycles. The molecule has 5 heteroatoms. The zero-order valence-corrected chi connectivity index (χ0v) is 12.3. The van der Waals surface area contributed by atoms with E-state index in [0.717, 1.165) is 17.8 Å². The molecule has 0 saturated carbocycles. The number of aromatic nitrogens is 2. The van der Waals surface area contributed by atoms with Gasteiger partial charge >= 0.3 is 0 Å². The molecule has 0 bridgehead atoms. The van der Waals surface area contributed by atoms with E-state index in [1.807, 2.05) is 20.0 Å². The molecule has 1 unspecified atom stereocenters. The highest BCUT2D eigenvalue weighted by Gasteiger charge is 2.20. The lowest BCUT2D eigenvalue weighted by Crippen LogP contribution is -2.08. The van der Waals surface area contributed by atoms with Gasteiger partial charge in [-0.05, 0) is 30.7 Å². The summed E-state index contributed by atoms with van der Waals surface area (Å²) in [5.74, 6) is 1.30. The maximum absolute atomic E-state index is 10.6. The molecule has 0 fully saturated rings. The molecule has 1 N–H and O–H groups in total. The van der Waals surface area contributed by atoms with Crippen LogP contribution in [0.1, 0.15) is 30.0 Å². The predicted octanol–water partition coefficient (Wildman–Crippen LogP) is 2.08. The number of benzene rings is 1. The standard InChI is InChI=1S/C15H20N2O3/c1-5-10-8-13(17(2)16-10)15(18)12-9-11(19-3)6-7-14(12)20-4/h6-9,15,18H,5H2,1-4H3. The maximum atomic E-state index is 10.6. The zero-order chi connectivity index (χ0) is 14.7. The van der Waals surface area contributed by atoms with Gasteiger partial charge in [0.05, 0.1) is 25.6 Å². The highest BCUT2D eigenvalue weighted by molar-refractivity contribution is 5.44. The summed E-state index contributed by atoms with van der Waals surface area (Å²) >= 11 is 0. The van der Waals surface area contributed by atoms with Crippen molar-refractivity contribution in [3.05, 3.63) is 41.2 Å². The van der Waals surface area contributed by atoms with Gasteiger partial charge in [0.25, 0.3) is 0 Å². The van der Waals surface area contributed by atoms with Crippen molar-refractivity contribution in [2.45, 2.75) is 19.4 Å². The van der Waals surface area contributed by atoms with Gasteiger partial charge in [0, 0.05) is 12.6 Å². The Morgan fingerprint density at radius 1 is 1.25 bits per heavy atom. The van der Waals surface area contributed by atoms with Crippen LogP contribution in [-0.4, -0.2) is 29.1 Å². The number of nitrogens with zero attached hydrogens (tertiary/aromatic N) is 2. The van der Waals surface area contributed by atoms with E-state index in [9.17, 15) is 5.11 Å². The van der Waals surface area contributed by atoms with E-state index < -0.39 is 6.10 Å². The smallest absolute Gasteiger partial charge is 0.125 e. The SMILES string of the molecule is CCc1cc(C(O)c2cc(OC)ccc2OC)n(C)n1. The normalized spacial score (nSPS) is 12.2. The lowest BCUT2D eigenvalue weighted by molar-refractivity contribution is 0.204. The van der Waals surface area contributed by atoms with Crippen LogP contribution in [0.3, 0.4) is 0 Å². The van der Waals surface area contributed by atoms with E-state index >= 15 is 0 Å². The van der Waals surface area contributed by atoms with Crippen LogP contribution in [-0.2, 0) is 13.5 Å². The Morgan fingerprint density at radius 2 is 2.00 bits per heavy atom. The average molecular weight is 276 g/mol. The highest BCUT2D eigenvalue weighted by atomic mass is 16.5. The molecule has 1 heterocycles. The largest absolute Gasteiger partial charge is 0.497 e. The van der Waals surface area contributed by atoms with Gasteiger partial charge in [0.2, 0.25) is 0 Å². The van der Waals surface area contributed by atoms with Crippen LogP contribution in [0.15, 0.2) is 24.3 Å². The van der Waals surface area contributed by atoms with Crippen molar-refractivity contribution in [3.63, 3.8) is 0 Å². The predicted molar refractivity (Wildman–Crippen MR) is 76.2 cm³/mol. The van der Waals surface area contributed by atoms with Crippen LogP contribution in [0.4, 0.5) is 0 Å². The second kappa shape index (κ2) is 5.96. The summed E-state index contributed by atoms with van der Waals surface area (Å²) < 4.78 is 12.2. The summed E-state index contributed by atoms with van der Waals surface area (Å²) in [6, 6.07) is 7.27. The third-order valence-electron chi connectivity index (χ3n) is 3.34. The summed E-state index contributed by atoms with van der Waals surface area (Å²) in [5.41, 5.74) is 2.34. The fourth-order valence-corrected chi connectivity index (χ4v) is 2.18. The first kappa shape index (κ1) is 14.4. The third kappa shape index (κ3) is 2.63. The summed E-state index contributed by atoms with van der Waals surface area (Å²) in [5, 5.41) is 15.0. The van der Waals surface area contributed by atoms with Crippen molar-refractivity contribution in [1.82, 2.24) is 9.78 Å². The van der Waals surface area contributed by atoms with Crippen LogP contribution in [0.25, 0.3) is 0 Å². The van der Waals surface area contributed by atoms with Crippen molar-refractivity contribution in [1.29, 1.82) is 0 Å². The van der Waals surface area contributed by atoms with Gasteiger partial charge in [0.1, 0.15) is 17.6 Å². The number of aliphatic hydroxyl groups excluding tert-OH is 1. The maximum Gasteiger partial charge on any atom is 0.125 e. The molecule has 5 nitrogen and oxygen atoms in total. The highest BCUT2D eigenvalue weighted by Crippen LogP contribution is 2.33. The minimum absolute atomic E-state index is 0.623. The molecule has 0 aliphatic rings. The summed E-state index contributed by atoms with van der Waals surface area (Å²) in [6.07, 6.45) is 0.0216. The van der Waals surface area contributed by atoms with Gasteiger partial charge in [-0.2, -0.15) is 5.10 Å². The summed E-state index contributed by atoms with van der Waals surface area (Å²) in [6.45, 7) is 2.03. The number of rotatable bonds is 5. The van der Waals surface area contributed by atoms with Gasteiger partial charge in [-0.15, -0.1) is 0 Å². The fourth-order valence-electron chi connectivity index (χ4n) is 2.18. The molecule has 2 rings (SSSR count). The number of aryl methyl sites for hydroxylation is 2. The molecule has 0 aliphatic heterocycles. The Kier molecular flexibility index (Phi) is 4.29. The quantitative estimate of drug-likeness (QED) is 0.908. The molecule has 0 radical (unpaired) electrons. The minimum Gasteiger partial charge on any atom is -0.497 e. The van der Waals surface area contributed by atoms with E-state index in [-0.39, 0.29) is 0 Å². The van der Waals surface area contributed by atoms with Gasteiger partial charge in [0.15, 0.2) is 0 Å². The van der Waals surface area contributed by atoms with E-state index in [2.05, 4.69) is 5.10 Å². The van der Waals surface area contributed by atoms with Gasteiger partial charge in [-0.1, -0.05) is 6.92 Å². The Morgan fingerprint density at radius 3 is 2.55 bits per heavy atom. The van der Waals surface area contributed by atoms with E-state index in [0.29, 0.717) is 17.1 Å². The fraction of sp³-hybridized carbons (Fsp3) is 0.400. The Bertz CT molecular complexity index is 593. The first-order chi connectivity index (χ1) is 9.60. The molecule has 20 heavy (non-hydrogen) atoms. The molecule has 108 valence electrons. The van der Waals surface area contributed by atoms with E-state index in [1.165, 1.54) is 0 Å². The number of methoxy groups -OCH3 is 2. The first-order valence-electron chi connectivity index (χ1n) is 6.53. The number of aliphatic hydroxyl groups is 1. The van der Waals surface area contributed by atoms with Crippen molar-refractivity contribution in [3.8, 4) is 11.5 Å². The Balaban J connectivity index is 2.45. The molecule has 0 amide bonds. The van der Waals surface area contributed by atoms with E-state index in [1.54, 1.807) is 37.1 Å². The third-order valence-corrected chi connectivity index (χ3v) is 3.34. The van der Waals surface area contributed by atoms with Crippen LogP contribution in [0, 0.1) is 0 Å². The van der Waals surface area contributed by atoms with Crippen LogP contribution >= 0.6 is 0 Å². The van der Waals surface area contributed by atoms with Crippen LogP contribution in [0.2, 0.25) is 0 Å². The molecule has 1 atom stereocenters. The van der Waals surface area contributed by atoms with Crippen molar-refractivity contribution in [2.75, 3.05) is 14.2 Å². The van der Waals surface area contributed by atoms with Crippen molar-refractivity contribution in [2.24, 2.45) is 7.05 Å². The Hall–Kier alpha value is -2.01. The molecular weight excluding hydrogens is 256 g/mol. The molecule has 0 spiro atoms. The van der Waals surface area contributed by atoms with Gasteiger partial charge in [-0.3, -0.25) is 4.68 Å². The number of hydrogen-bond acceptors (Lipinski definition) is 4. The number of hydrogen-bond donors (Lipinski definition) is 1. The molecule has 1 aromatic heterocycles. The van der Waals surface area contributed by atoms with Crippen LogP contribution < -0.4 is 9.47 Å². The molecule has 0 aliphatic carbocycles. The first-order valence-corrected chi connectivity index (χ1v) is 6.53. The average Bonchev–Trinajstić information content (AvgIpc) is 2.86. The van der Waals surface area contributed by atoms with Crippen molar-refractivity contribution < 1.29 is 14.6 Å². The van der Waals surface area contributed by atoms with Gasteiger partial charge in [-0.25, -0.2) is 0 Å². The molecular formula is C15H20N2O3. The van der Waals surface area contributed by atoms with Crippen molar-refractivity contribution >= 4 is 0 Å². The lowest BCUT2D eigenvalue weighted by atomic mass is 10.0. The summed E-state index contributed by atoms with van der Waals surface area (Å²) in [4.78, 5) is 0. The zero-order valence-electron chi connectivity index (χ0n) is 12.3. The number of ether oxygens (including phenoxy) is 2. The lowest BCUT2D eigenvalue weighted by Gasteiger charge is -2.16. The van der Waals surface area contributed by atoms with Gasteiger partial charge < -0.3 is 14.6 Å².